The summed E-state index contributed by atoms with van der Waals surface area (Å²) in [7, 11) is -3.49. The van der Waals surface area contributed by atoms with E-state index in [-0.39, 0.29) is 5.69 Å². The highest BCUT2D eigenvalue weighted by molar-refractivity contribution is 7.89. The summed E-state index contributed by atoms with van der Waals surface area (Å²) in [6.45, 7) is 1.99. The van der Waals surface area contributed by atoms with E-state index < -0.39 is 10.0 Å². The van der Waals surface area contributed by atoms with Crippen molar-refractivity contribution in [1.29, 1.82) is 0 Å². The highest BCUT2D eigenvalue weighted by Crippen LogP contribution is 2.22. The molecule has 1 saturated heterocycles. The standard InChI is InChI=1S/C20H25N5O3S/c26-20-24-14-6-3-10-19(24)22-25(20)15-11-21-17-8-7-9-18(16-17)29(27,28)23-12-4-1-2-5-13-23/h3,6-10,14,16,21H,1-2,4-5,11-13,15H2. The Morgan fingerprint density at radius 3 is 2.55 bits per heavy atom. The van der Waals surface area contributed by atoms with Gasteiger partial charge in [-0.15, -0.1) is 5.10 Å². The third-order valence-corrected chi connectivity index (χ3v) is 7.07. The lowest BCUT2D eigenvalue weighted by Crippen LogP contribution is -2.32. The Hall–Kier alpha value is -2.65. The maximum Gasteiger partial charge on any atom is 0.350 e. The Morgan fingerprint density at radius 1 is 1.00 bits per heavy atom. The quantitative estimate of drug-likeness (QED) is 0.667. The zero-order chi connectivity index (χ0) is 20.3. The second-order valence-electron chi connectivity index (χ2n) is 7.21. The molecule has 1 aromatic carbocycles. The highest BCUT2D eigenvalue weighted by Gasteiger charge is 2.25. The summed E-state index contributed by atoms with van der Waals surface area (Å²) in [6, 6.07) is 12.3. The van der Waals surface area contributed by atoms with Crippen LogP contribution in [0, 0.1) is 0 Å². The predicted octanol–water partition coefficient (Wildman–Crippen LogP) is 2.17. The van der Waals surface area contributed by atoms with Crippen molar-refractivity contribution in [2.45, 2.75) is 37.1 Å². The van der Waals surface area contributed by atoms with E-state index >= 15 is 0 Å². The van der Waals surface area contributed by atoms with Crippen LogP contribution in [0.3, 0.4) is 0 Å². The van der Waals surface area contributed by atoms with Crippen LogP contribution in [0.1, 0.15) is 25.7 Å². The number of nitrogens with zero attached hydrogens (tertiary/aromatic N) is 4. The van der Waals surface area contributed by atoms with Crippen molar-refractivity contribution in [3.63, 3.8) is 0 Å². The number of sulfonamides is 1. The molecule has 1 N–H and O–H groups in total. The summed E-state index contributed by atoms with van der Waals surface area (Å²) in [4.78, 5) is 12.6. The van der Waals surface area contributed by atoms with Gasteiger partial charge in [0.2, 0.25) is 10.0 Å². The van der Waals surface area contributed by atoms with Crippen LogP contribution in [0.4, 0.5) is 5.69 Å². The molecule has 0 spiro atoms. The van der Waals surface area contributed by atoms with Crippen molar-refractivity contribution < 1.29 is 8.42 Å². The summed E-state index contributed by atoms with van der Waals surface area (Å²) in [5.41, 5.74) is 1.11. The second-order valence-corrected chi connectivity index (χ2v) is 9.15. The largest absolute Gasteiger partial charge is 0.383 e. The molecule has 3 heterocycles. The lowest BCUT2D eigenvalue weighted by atomic mass is 10.2. The number of nitrogens with one attached hydrogen (secondary N) is 1. The molecular formula is C20H25N5O3S. The van der Waals surface area contributed by atoms with Crippen LogP contribution in [-0.2, 0) is 16.6 Å². The van der Waals surface area contributed by atoms with Crippen LogP contribution in [0.2, 0.25) is 0 Å². The number of hydrogen-bond donors (Lipinski definition) is 1. The molecule has 0 atom stereocenters. The van der Waals surface area contributed by atoms with E-state index in [4.69, 9.17) is 0 Å². The van der Waals surface area contributed by atoms with Crippen LogP contribution >= 0.6 is 0 Å². The van der Waals surface area contributed by atoms with Crippen molar-refractivity contribution in [1.82, 2.24) is 18.5 Å². The van der Waals surface area contributed by atoms with Gasteiger partial charge in [-0.05, 0) is 43.2 Å². The summed E-state index contributed by atoms with van der Waals surface area (Å²) in [5.74, 6) is 0. The number of anilines is 1. The van der Waals surface area contributed by atoms with Gasteiger partial charge in [0.05, 0.1) is 11.4 Å². The molecule has 1 aliphatic rings. The Kier molecular flexibility index (Phi) is 5.68. The predicted molar refractivity (Wildman–Crippen MR) is 112 cm³/mol. The molecule has 154 valence electrons. The van der Waals surface area contributed by atoms with E-state index in [1.807, 2.05) is 12.1 Å². The van der Waals surface area contributed by atoms with Gasteiger partial charge in [0.1, 0.15) is 0 Å². The molecule has 3 aromatic rings. The van der Waals surface area contributed by atoms with E-state index in [1.54, 1.807) is 40.8 Å². The first kappa shape index (κ1) is 19.7. The van der Waals surface area contributed by atoms with E-state index in [9.17, 15) is 13.2 Å². The monoisotopic (exact) mass is 415 g/mol. The summed E-state index contributed by atoms with van der Waals surface area (Å²) in [6.07, 6.45) is 5.66. The highest BCUT2D eigenvalue weighted by atomic mass is 32.2. The minimum Gasteiger partial charge on any atom is -0.383 e. The topological polar surface area (TPSA) is 88.7 Å². The fourth-order valence-corrected chi connectivity index (χ4v) is 5.18. The average Bonchev–Trinajstić information content (AvgIpc) is 2.91. The fraction of sp³-hybridized carbons (Fsp3) is 0.400. The third-order valence-electron chi connectivity index (χ3n) is 5.18. The lowest BCUT2D eigenvalue weighted by Gasteiger charge is -2.20. The molecule has 2 aromatic heterocycles. The molecule has 1 fully saturated rings. The van der Waals surface area contributed by atoms with E-state index in [1.165, 1.54) is 9.08 Å². The third kappa shape index (κ3) is 4.20. The average molecular weight is 416 g/mol. The first-order chi connectivity index (χ1) is 14.1. The molecule has 0 amide bonds. The normalized spacial score (nSPS) is 16.0. The molecule has 9 heteroatoms. The van der Waals surface area contributed by atoms with Crippen LogP contribution in [0.15, 0.2) is 58.4 Å². The van der Waals surface area contributed by atoms with Crippen LogP contribution in [-0.4, -0.2) is 46.5 Å². The molecule has 0 radical (unpaired) electrons. The van der Waals surface area contributed by atoms with Gasteiger partial charge in [-0.3, -0.25) is 4.40 Å². The molecule has 0 saturated carbocycles. The van der Waals surface area contributed by atoms with Gasteiger partial charge in [0.25, 0.3) is 0 Å². The minimum atomic E-state index is -3.49. The maximum absolute atomic E-state index is 13.0. The zero-order valence-corrected chi connectivity index (χ0v) is 17.0. The van der Waals surface area contributed by atoms with Crippen molar-refractivity contribution >= 4 is 21.4 Å². The Bertz CT molecular complexity index is 1140. The Morgan fingerprint density at radius 2 is 1.79 bits per heavy atom. The minimum absolute atomic E-state index is 0.195. The van der Waals surface area contributed by atoms with E-state index in [0.29, 0.717) is 42.4 Å². The lowest BCUT2D eigenvalue weighted by molar-refractivity contribution is 0.424. The van der Waals surface area contributed by atoms with Crippen molar-refractivity contribution in [3.8, 4) is 0 Å². The molecule has 8 nitrogen and oxygen atoms in total. The van der Waals surface area contributed by atoms with Gasteiger partial charge in [0, 0.05) is 31.5 Å². The molecular weight excluding hydrogens is 390 g/mol. The van der Waals surface area contributed by atoms with Crippen molar-refractivity contribution in [3.05, 3.63) is 59.1 Å². The first-order valence-corrected chi connectivity index (χ1v) is 11.4. The van der Waals surface area contributed by atoms with Gasteiger partial charge in [-0.25, -0.2) is 17.9 Å². The van der Waals surface area contributed by atoms with E-state index in [0.717, 1.165) is 25.7 Å². The van der Waals surface area contributed by atoms with Gasteiger partial charge in [-0.2, -0.15) is 4.31 Å². The van der Waals surface area contributed by atoms with Crippen molar-refractivity contribution in [2.24, 2.45) is 0 Å². The smallest absolute Gasteiger partial charge is 0.350 e. The van der Waals surface area contributed by atoms with E-state index in [2.05, 4.69) is 10.4 Å². The number of pyridine rings is 1. The SMILES string of the molecule is O=c1n(CCNc2cccc(S(=O)(=O)N3CCCCCC3)c2)nc2ccccn12. The number of aromatic nitrogens is 3. The zero-order valence-electron chi connectivity index (χ0n) is 16.2. The van der Waals surface area contributed by atoms with Gasteiger partial charge in [0.15, 0.2) is 5.65 Å². The van der Waals surface area contributed by atoms with Crippen LogP contribution < -0.4 is 11.0 Å². The van der Waals surface area contributed by atoms with Gasteiger partial charge < -0.3 is 5.32 Å². The summed E-state index contributed by atoms with van der Waals surface area (Å²) in [5, 5.41) is 7.50. The van der Waals surface area contributed by atoms with Crippen LogP contribution in [0.5, 0.6) is 0 Å². The number of hydrogen-bond acceptors (Lipinski definition) is 5. The maximum atomic E-state index is 13.0. The summed E-state index contributed by atoms with van der Waals surface area (Å²) >= 11 is 0. The Balaban J connectivity index is 1.44. The second kappa shape index (κ2) is 8.38. The molecule has 29 heavy (non-hydrogen) atoms. The molecule has 0 unspecified atom stereocenters. The molecule has 4 rings (SSSR count). The van der Waals surface area contributed by atoms with Gasteiger partial charge >= 0.3 is 5.69 Å². The molecule has 0 aliphatic carbocycles. The number of fused-ring (bicyclic) bond motifs is 1. The number of rotatable bonds is 6. The molecule has 1 aliphatic heterocycles. The van der Waals surface area contributed by atoms with Crippen LogP contribution in [0.25, 0.3) is 5.65 Å². The fourth-order valence-electron chi connectivity index (χ4n) is 3.62. The molecule has 0 bridgehead atoms. The summed E-state index contributed by atoms with van der Waals surface area (Å²) < 4.78 is 30.4. The number of benzene rings is 1. The van der Waals surface area contributed by atoms with Crippen molar-refractivity contribution in [2.75, 3.05) is 25.0 Å². The first-order valence-electron chi connectivity index (χ1n) is 9.94. The van der Waals surface area contributed by atoms with Gasteiger partial charge in [-0.1, -0.05) is 25.0 Å². The Labute approximate surface area is 169 Å².